The lowest BCUT2D eigenvalue weighted by molar-refractivity contribution is 0.0227. The molecule has 122 valence electrons. The predicted molar refractivity (Wildman–Crippen MR) is 89.4 cm³/mol. The Kier molecular flexibility index (Phi) is 3.41. The lowest BCUT2D eigenvalue weighted by atomic mass is 9.66. The number of carbonyl (C=O) groups is 1. The number of rotatable bonds is 1. The molecule has 0 unspecified atom stereocenters. The molecule has 1 aliphatic rings. The number of aryl methyl sites for hydroxylation is 1. The number of benzene rings is 2. The van der Waals surface area contributed by atoms with Crippen molar-refractivity contribution < 1.29 is 19.7 Å². The van der Waals surface area contributed by atoms with Crippen molar-refractivity contribution in [2.75, 3.05) is 7.11 Å². The molecule has 1 aliphatic carbocycles. The number of methoxy groups -OCH3 is 1. The summed E-state index contributed by atoms with van der Waals surface area (Å²) in [5.41, 5.74) is 0.967. The van der Waals surface area contributed by atoms with Gasteiger partial charge in [0.15, 0.2) is 5.78 Å². The Morgan fingerprint density at radius 1 is 1.22 bits per heavy atom. The van der Waals surface area contributed by atoms with Crippen molar-refractivity contribution >= 4 is 16.6 Å². The first-order chi connectivity index (χ1) is 10.7. The largest absolute Gasteiger partial charge is 0.507 e. The Hall–Kier alpha value is -2.07. The van der Waals surface area contributed by atoms with Crippen molar-refractivity contribution in [1.82, 2.24) is 0 Å². The number of phenols is 1. The van der Waals surface area contributed by atoms with Crippen LogP contribution < -0.4 is 4.74 Å². The van der Waals surface area contributed by atoms with E-state index < -0.39 is 11.5 Å². The van der Waals surface area contributed by atoms with Crippen molar-refractivity contribution in [2.24, 2.45) is 5.41 Å². The fourth-order valence-corrected chi connectivity index (χ4v) is 3.69. The van der Waals surface area contributed by atoms with Gasteiger partial charge in [-0.05, 0) is 41.6 Å². The molecule has 2 aromatic carbocycles. The number of aliphatic hydroxyl groups is 1. The molecule has 0 aromatic heterocycles. The second-order valence-electron chi connectivity index (χ2n) is 7.02. The summed E-state index contributed by atoms with van der Waals surface area (Å²) in [5.74, 6) is 0.256. The number of hydrogen-bond donors (Lipinski definition) is 2. The van der Waals surface area contributed by atoms with Gasteiger partial charge < -0.3 is 14.9 Å². The van der Waals surface area contributed by atoms with Crippen molar-refractivity contribution in [3.8, 4) is 11.5 Å². The van der Waals surface area contributed by atoms with Crippen molar-refractivity contribution in [3.63, 3.8) is 0 Å². The standard InChI is InChI=1S/C19H22O4/c1-9-6-12(23-5)7-11-8-13-10(2)17(21)19(3,4)18(22)15(13)16(20)14(9)11/h6-8,10,17,20-21H,1-5H3/t10-,17-/m0/s1. The zero-order valence-corrected chi connectivity index (χ0v) is 14.1. The molecule has 0 saturated carbocycles. The number of carbonyl (C=O) groups excluding carboxylic acids is 1. The topological polar surface area (TPSA) is 66.8 Å². The van der Waals surface area contributed by atoms with E-state index in [-0.39, 0.29) is 17.5 Å². The lowest BCUT2D eigenvalue weighted by Crippen LogP contribution is -2.45. The third-order valence-corrected chi connectivity index (χ3v) is 5.16. The second kappa shape index (κ2) is 4.96. The maximum atomic E-state index is 12.8. The van der Waals surface area contributed by atoms with Gasteiger partial charge in [0.25, 0.3) is 0 Å². The average Bonchev–Trinajstić information content (AvgIpc) is 2.50. The molecule has 0 saturated heterocycles. The van der Waals surface area contributed by atoms with E-state index in [1.807, 2.05) is 32.0 Å². The Bertz CT molecular complexity index is 820. The summed E-state index contributed by atoms with van der Waals surface area (Å²) < 4.78 is 5.29. The number of ketones is 1. The van der Waals surface area contributed by atoms with Crippen LogP contribution in [0.1, 0.15) is 48.2 Å². The smallest absolute Gasteiger partial charge is 0.175 e. The molecule has 0 spiro atoms. The van der Waals surface area contributed by atoms with Crippen LogP contribution in [0.5, 0.6) is 11.5 Å². The minimum atomic E-state index is -0.919. The van der Waals surface area contributed by atoms with Crippen LogP contribution in [0.25, 0.3) is 10.8 Å². The zero-order valence-electron chi connectivity index (χ0n) is 14.1. The Morgan fingerprint density at radius 2 is 1.87 bits per heavy atom. The summed E-state index contributed by atoms with van der Waals surface area (Å²) in [6.45, 7) is 7.22. The number of aromatic hydroxyl groups is 1. The number of hydrogen-bond acceptors (Lipinski definition) is 4. The van der Waals surface area contributed by atoms with Crippen LogP contribution in [-0.4, -0.2) is 29.2 Å². The highest BCUT2D eigenvalue weighted by molar-refractivity contribution is 6.10. The molecule has 0 amide bonds. The van der Waals surface area contributed by atoms with Gasteiger partial charge in [-0.25, -0.2) is 0 Å². The summed E-state index contributed by atoms with van der Waals surface area (Å²) in [6.07, 6.45) is -0.786. The van der Waals surface area contributed by atoms with Crippen molar-refractivity contribution in [1.29, 1.82) is 0 Å². The average molecular weight is 314 g/mol. The molecule has 3 rings (SSSR count). The number of Topliss-reactive ketones (excluding diaryl/α,β-unsaturated/α-hetero) is 1. The van der Waals surface area contributed by atoms with Crippen LogP contribution in [0.3, 0.4) is 0 Å². The molecule has 0 radical (unpaired) electrons. The second-order valence-corrected chi connectivity index (χ2v) is 7.02. The van der Waals surface area contributed by atoms with Gasteiger partial charge in [-0.15, -0.1) is 0 Å². The number of phenolic OH excluding ortho intramolecular Hbond substituents is 1. The minimum Gasteiger partial charge on any atom is -0.507 e. The van der Waals surface area contributed by atoms with Crippen LogP contribution in [0.15, 0.2) is 18.2 Å². The van der Waals surface area contributed by atoms with Crippen LogP contribution in [0.4, 0.5) is 0 Å². The molecular weight excluding hydrogens is 292 g/mol. The Morgan fingerprint density at radius 3 is 2.48 bits per heavy atom. The van der Waals surface area contributed by atoms with Gasteiger partial charge in [0.2, 0.25) is 0 Å². The molecule has 0 bridgehead atoms. The zero-order chi connectivity index (χ0) is 17.1. The fraction of sp³-hybridized carbons (Fsp3) is 0.421. The first-order valence-electron chi connectivity index (χ1n) is 7.77. The van der Waals surface area contributed by atoms with Crippen LogP contribution in [-0.2, 0) is 0 Å². The van der Waals surface area contributed by atoms with E-state index in [2.05, 4.69) is 0 Å². The molecule has 0 fully saturated rings. The minimum absolute atomic E-state index is 0.00878. The summed E-state index contributed by atoms with van der Waals surface area (Å²) >= 11 is 0. The van der Waals surface area contributed by atoms with E-state index in [4.69, 9.17) is 4.74 Å². The summed E-state index contributed by atoms with van der Waals surface area (Å²) in [6, 6.07) is 5.57. The van der Waals surface area contributed by atoms with E-state index in [0.717, 1.165) is 10.9 Å². The molecule has 2 aromatic rings. The van der Waals surface area contributed by atoms with Gasteiger partial charge in [0.1, 0.15) is 11.5 Å². The summed E-state index contributed by atoms with van der Waals surface area (Å²) in [7, 11) is 1.59. The van der Waals surface area contributed by atoms with E-state index in [9.17, 15) is 15.0 Å². The highest BCUT2D eigenvalue weighted by atomic mass is 16.5. The van der Waals surface area contributed by atoms with Crippen molar-refractivity contribution in [3.05, 3.63) is 34.9 Å². The highest BCUT2D eigenvalue weighted by Gasteiger charge is 2.47. The molecule has 0 heterocycles. The van der Waals surface area contributed by atoms with E-state index >= 15 is 0 Å². The molecule has 4 nitrogen and oxygen atoms in total. The van der Waals surface area contributed by atoms with Crippen LogP contribution in [0.2, 0.25) is 0 Å². The predicted octanol–water partition coefficient (Wildman–Crippen LogP) is 3.55. The Labute approximate surface area is 135 Å². The lowest BCUT2D eigenvalue weighted by Gasteiger charge is -2.39. The SMILES string of the molecule is COc1cc(C)c2c(O)c3c(cc2c1)[C@H](C)[C@H](O)C(C)(C)C3=O. The maximum absolute atomic E-state index is 12.8. The maximum Gasteiger partial charge on any atom is 0.175 e. The van der Waals surface area contributed by atoms with E-state index in [1.165, 1.54) is 0 Å². The molecular formula is C19H22O4. The highest BCUT2D eigenvalue weighted by Crippen LogP contribution is 2.48. The van der Waals surface area contributed by atoms with Gasteiger partial charge in [-0.2, -0.15) is 0 Å². The number of aliphatic hydroxyl groups excluding tert-OH is 1. The molecule has 4 heteroatoms. The number of fused-ring (bicyclic) bond motifs is 2. The van der Waals surface area contributed by atoms with Gasteiger partial charge >= 0.3 is 0 Å². The van der Waals surface area contributed by atoms with Gasteiger partial charge in [-0.3, -0.25) is 4.79 Å². The van der Waals surface area contributed by atoms with Gasteiger partial charge in [-0.1, -0.05) is 20.8 Å². The molecule has 23 heavy (non-hydrogen) atoms. The summed E-state index contributed by atoms with van der Waals surface area (Å²) in [5, 5.41) is 22.8. The summed E-state index contributed by atoms with van der Waals surface area (Å²) in [4.78, 5) is 12.8. The monoisotopic (exact) mass is 314 g/mol. The van der Waals surface area contributed by atoms with Gasteiger partial charge in [0.05, 0.1) is 24.2 Å². The Balaban J connectivity index is 2.41. The third kappa shape index (κ3) is 2.05. The fourth-order valence-electron chi connectivity index (χ4n) is 3.69. The normalized spacial score (nSPS) is 23.0. The quantitative estimate of drug-likeness (QED) is 0.845. The van der Waals surface area contributed by atoms with Gasteiger partial charge in [0, 0.05) is 11.3 Å². The number of ether oxygens (including phenoxy) is 1. The molecule has 0 aliphatic heterocycles. The van der Waals surface area contributed by atoms with E-state index in [0.29, 0.717) is 22.3 Å². The van der Waals surface area contributed by atoms with Crippen LogP contribution in [0, 0.1) is 12.3 Å². The first-order valence-corrected chi connectivity index (χ1v) is 7.77. The molecule has 2 N–H and O–H groups in total. The molecule has 2 atom stereocenters. The third-order valence-electron chi connectivity index (χ3n) is 5.16. The van der Waals surface area contributed by atoms with Crippen LogP contribution >= 0.6 is 0 Å². The van der Waals surface area contributed by atoms with Crippen molar-refractivity contribution in [2.45, 2.75) is 39.7 Å². The first kappa shape index (κ1) is 15.8. The van der Waals surface area contributed by atoms with E-state index in [1.54, 1.807) is 21.0 Å².